The third-order valence-corrected chi connectivity index (χ3v) is 7.49. The fraction of sp³-hybridized carbons (Fsp3) is 0.179. The smallest absolute Gasteiger partial charge is 0.255 e. The molecule has 1 aromatic heterocycles. The molecule has 37 heavy (non-hydrogen) atoms. The number of carbonyl (C=O) groups is 1. The largest absolute Gasteiger partial charge is 0.328 e. The highest BCUT2D eigenvalue weighted by atomic mass is 35.5. The van der Waals surface area contributed by atoms with E-state index in [2.05, 4.69) is 15.6 Å². The normalized spacial score (nSPS) is 14.8. The molecule has 2 heterocycles. The van der Waals surface area contributed by atoms with Crippen LogP contribution in [0, 0.1) is 19.7 Å². The Kier molecular flexibility index (Phi) is 7.04. The topological polar surface area (TPSA) is 71.8 Å². The van der Waals surface area contributed by atoms with Crippen LogP contribution in [0.15, 0.2) is 83.2 Å². The van der Waals surface area contributed by atoms with Gasteiger partial charge in [0.2, 0.25) is 11.1 Å². The monoisotopic (exact) mass is 533 g/mol. The Morgan fingerprint density at radius 1 is 1.08 bits per heavy atom. The van der Waals surface area contributed by atoms with Gasteiger partial charge < -0.3 is 10.6 Å². The number of hydrogen-bond acceptors (Lipinski definition) is 5. The number of nitrogens with zero attached hydrogens (tertiary/aromatic N) is 3. The van der Waals surface area contributed by atoms with E-state index >= 15 is 0 Å². The van der Waals surface area contributed by atoms with Gasteiger partial charge in [-0.2, -0.15) is 4.98 Å². The number of fused-ring (bicyclic) bond motifs is 1. The Balaban J connectivity index is 1.50. The molecular formula is C28H25ClFN5OS. The lowest BCUT2D eigenvalue weighted by atomic mass is 9.94. The molecule has 0 saturated carbocycles. The Labute approximate surface area is 224 Å². The zero-order valence-corrected chi connectivity index (χ0v) is 22.1. The summed E-state index contributed by atoms with van der Waals surface area (Å²) in [5, 5.41) is 11.8. The number of amides is 1. The Morgan fingerprint density at radius 3 is 2.57 bits per heavy atom. The van der Waals surface area contributed by atoms with Crippen molar-refractivity contribution in [3.63, 3.8) is 0 Å². The first-order valence-electron chi connectivity index (χ1n) is 11.8. The average Bonchev–Trinajstić information content (AvgIpc) is 3.27. The molecular weight excluding hydrogens is 509 g/mol. The second kappa shape index (κ2) is 10.4. The highest BCUT2D eigenvalue weighted by Crippen LogP contribution is 2.37. The molecule has 0 saturated heterocycles. The number of nitrogens with one attached hydrogen (secondary N) is 2. The molecule has 0 bridgehead atoms. The van der Waals surface area contributed by atoms with Crippen molar-refractivity contribution in [2.24, 2.45) is 0 Å². The molecule has 0 radical (unpaired) electrons. The second-order valence-electron chi connectivity index (χ2n) is 8.90. The molecule has 1 atom stereocenters. The van der Waals surface area contributed by atoms with Crippen LogP contribution in [0.25, 0.3) is 0 Å². The number of hydrogen-bond donors (Lipinski definition) is 2. The van der Waals surface area contributed by atoms with Crippen molar-refractivity contribution in [2.45, 2.75) is 37.7 Å². The highest BCUT2D eigenvalue weighted by Gasteiger charge is 2.34. The lowest BCUT2D eigenvalue weighted by Crippen LogP contribution is -2.31. The van der Waals surface area contributed by atoms with Crippen LogP contribution in [0.4, 0.5) is 16.0 Å². The van der Waals surface area contributed by atoms with Crippen LogP contribution in [0.3, 0.4) is 0 Å². The van der Waals surface area contributed by atoms with E-state index < -0.39 is 6.04 Å². The molecule has 1 unspecified atom stereocenters. The summed E-state index contributed by atoms with van der Waals surface area (Å²) in [6.45, 7) is 5.83. The van der Waals surface area contributed by atoms with E-state index in [-0.39, 0.29) is 17.5 Å². The second-order valence-corrected chi connectivity index (χ2v) is 10.2. The van der Waals surface area contributed by atoms with Gasteiger partial charge in [-0.1, -0.05) is 77.5 Å². The summed E-state index contributed by atoms with van der Waals surface area (Å²) in [6.07, 6.45) is 0. The zero-order valence-electron chi connectivity index (χ0n) is 20.5. The first-order chi connectivity index (χ1) is 17.8. The number of carbonyl (C=O) groups excluding carboxylic acids is 1. The Hall–Kier alpha value is -3.62. The van der Waals surface area contributed by atoms with Gasteiger partial charge in [0.05, 0.1) is 5.57 Å². The Morgan fingerprint density at radius 2 is 1.84 bits per heavy atom. The summed E-state index contributed by atoms with van der Waals surface area (Å²) in [7, 11) is 0. The van der Waals surface area contributed by atoms with Gasteiger partial charge in [-0.05, 0) is 50.1 Å². The number of allylic oxidation sites excluding steroid dienone is 1. The van der Waals surface area contributed by atoms with Crippen molar-refractivity contribution < 1.29 is 9.18 Å². The molecule has 1 aliphatic heterocycles. The SMILES string of the molecule is CC1=C(C(=O)Nc2ccccc2C)C(c2ccc(C)cc2)n2nc(SCc3c(F)cccc3Cl)nc2N1. The van der Waals surface area contributed by atoms with Gasteiger partial charge in [-0.15, -0.1) is 5.10 Å². The minimum atomic E-state index is -0.500. The average molecular weight is 534 g/mol. The summed E-state index contributed by atoms with van der Waals surface area (Å²) >= 11 is 7.48. The molecule has 6 nitrogen and oxygen atoms in total. The van der Waals surface area contributed by atoms with Crippen LogP contribution in [-0.4, -0.2) is 20.7 Å². The minimum Gasteiger partial charge on any atom is -0.328 e. The van der Waals surface area contributed by atoms with Gasteiger partial charge in [0.15, 0.2) is 0 Å². The number of para-hydroxylation sites is 1. The van der Waals surface area contributed by atoms with Crippen molar-refractivity contribution in [2.75, 3.05) is 10.6 Å². The van der Waals surface area contributed by atoms with Crippen molar-refractivity contribution in [1.29, 1.82) is 0 Å². The quantitative estimate of drug-likeness (QED) is 0.263. The lowest BCUT2D eigenvalue weighted by Gasteiger charge is -2.29. The van der Waals surface area contributed by atoms with Gasteiger partial charge in [-0.25, -0.2) is 9.07 Å². The van der Waals surface area contributed by atoms with Crippen LogP contribution in [0.1, 0.15) is 35.2 Å². The number of aromatic nitrogens is 3. The van der Waals surface area contributed by atoms with E-state index in [0.29, 0.717) is 33.0 Å². The van der Waals surface area contributed by atoms with E-state index in [9.17, 15) is 9.18 Å². The van der Waals surface area contributed by atoms with Crippen molar-refractivity contribution in [3.05, 3.63) is 111 Å². The molecule has 0 spiro atoms. The molecule has 9 heteroatoms. The van der Waals surface area contributed by atoms with E-state index in [1.54, 1.807) is 16.8 Å². The standard InChI is InChI=1S/C28H25ClFN5OS/c1-16-11-13-19(14-12-16)25-24(26(36)32-23-10-5-4-7-17(23)2)18(3)31-27-33-28(34-35(25)27)37-15-20-21(29)8-6-9-22(20)30/h4-14,25H,15H2,1-3H3,(H,32,36)(H,31,33,34). The fourth-order valence-electron chi connectivity index (χ4n) is 4.25. The summed E-state index contributed by atoms with van der Waals surface area (Å²) in [4.78, 5) is 18.3. The fourth-order valence-corrected chi connectivity index (χ4v) is 5.43. The highest BCUT2D eigenvalue weighted by molar-refractivity contribution is 7.98. The maximum atomic E-state index is 14.3. The van der Waals surface area contributed by atoms with E-state index in [1.165, 1.54) is 17.8 Å². The minimum absolute atomic E-state index is 0.224. The molecule has 0 aliphatic carbocycles. The van der Waals surface area contributed by atoms with Crippen molar-refractivity contribution in [1.82, 2.24) is 14.8 Å². The maximum Gasteiger partial charge on any atom is 0.255 e. The zero-order chi connectivity index (χ0) is 26.1. The Bertz CT molecular complexity index is 1500. The third-order valence-electron chi connectivity index (χ3n) is 6.27. The molecule has 2 N–H and O–H groups in total. The van der Waals surface area contributed by atoms with Gasteiger partial charge in [-0.3, -0.25) is 4.79 Å². The molecule has 4 aromatic rings. The molecule has 5 rings (SSSR count). The third kappa shape index (κ3) is 5.12. The summed E-state index contributed by atoms with van der Waals surface area (Å²) in [5.74, 6) is 0.195. The molecule has 1 amide bonds. The predicted octanol–water partition coefficient (Wildman–Crippen LogP) is 6.91. The predicted molar refractivity (Wildman–Crippen MR) is 146 cm³/mol. The van der Waals surface area contributed by atoms with Crippen molar-refractivity contribution in [3.8, 4) is 0 Å². The summed E-state index contributed by atoms with van der Waals surface area (Å²) < 4.78 is 16.0. The lowest BCUT2D eigenvalue weighted by molar-refractivity contribution is -0.113. The molecule has 3 aromatic carbocycles. The maximum absolute atomic E-state index is 14.3. The van der Waals surface area contributed by atoms with Gasteiger partial charge in [0, 0.05) is 27.7 Å². The number of halogens is 2. The van der Waals surface area contributed by atoms with E-state index in [0.717, 1.165) is 22.4 Å². The number of aryl methyl sites for hydroxylation is 2. The first kappa shape index (κ1) is 25.0. The number of rotatable bonds is 6. The number of anilines is 2. The molecule has 188 valence electrons. The first-order valence-corrected chi connectivity index (χ1v) is 13.1. The van der Waals surface area contributed by atoms with Crippen LogP contribution in [0.2, 0.25) is 5.02 Å². The number of benzene rings is 3. The van der Waals surface area contributed by atoms with Crippen LogP contribution in [0.5, 0.6) is 0 Å². The van der Waals surface area contributed by atoms with E-state index in [4.69, 9.17) is 16.7 Å². The summed E-state index contributed by atoms with van der Waals surface area (Å²) in [6, 6.07) is 19.8. The van der Waals surface area contributed by atoms with Crippen LogP contribution < -0.4 is 10.6 Å². The van der Waals surface area contributed by atoms with Crippen LogP contribution in [-0.2, 0) is 10.5 Å². The van der Waals surface area contributed by atoms with E-state index in [1.807, 2.05) is 69.3 Å². The van der Waals surface area contributed by atoms with Gasteiger partial charge in [0.25, 0.3) is 5.91 Å². The van der Waals surface area contributed by atoms with Gasteiger partial charge in [0.1, 0.15) is 11.9 Å². The number of thioether (sulfide) groups is 1. The molecule has 1 aliphatic rings. The van der Waals surface area contributed by atoms with Crippen molar-refractivity contribution >= 4 is 40.9 Å². The molecule has 0 fully saturated rings. The van der Waals surface area contributed by atoms with Gasteiger partial charge >= 0.3 is 0 Å². The van der Waals surface area contributed by atoms with Crippen LogP contribution >= 0.6 is 23.4 Å². The summed E-state index contributed by atoms with van der Waals surface area (Å²) in [5.41, 5.74) is 5.36.